The Bertz CT molecular complexity index is 573. The Hall–Kier alpha value is -0.470. The summed E-state index contributed by atoms with van der Waals surface area (Å²) in [5.74, 6) is 0. The predicted molar refractivity (Wildman–Crippen MR) is 85.1 cm³/mol. The van der Waals surface area contributed by atoms with E-state index in [0.717, 1.165) is 37.1 Å². The molecule has 2 fully saturated rings. The predicted octanol–water partition coefficient (Wildman–Crippen LogP) is 1.33. The molecular weight excluding hydrogens is 306 g/mol. The van der Waals surface area contributed by atoms with Crippen molar-refractivity contribution in [1.82, 2.24) is 14.5 Å². The van der Waals surface area contributed by atoms with Crippen molar-refractivity contribution in [3.05, 3.63) is 17.0 Å². The van der Waals surface area contributed by atoms with Crippen molar-refractivity contribution in [1.29, 1.82) is 0 Å². The van der Waals surface area contributed by atoms with E-state index in [0.29, 0.717) is 17.3 Å². The molecule has 0 radical (unpaired) electrons. The molecule has 1 aliphatic heterocycles. The lowest BCUT2D eigenvalue weighted by molar-refractivity contribution is 0.181. The van der Waals surface area contributed by atoms with E-state index in [4.69, 9.17) is 0 Å². The first-order chi connectivity index (χ1) is 10.1. The second kappa shape index (κ2) is 6.34. The van der Waals surface area contributed by atoms with Gasteiger partial charge in [0.15, 0.2) is 0 Å². The Morgan fingerprint density at radius 2 is 1.95 bits per heavy atom. The van der Waals surface area contributed by atoms with Gasteiger partial charge in [0.2, 0.25) is 0 Å². The first-order valence-electron chi connectivity index (χ1n) is 7.65. The standard InChI is InChI=1S/C14H23N3O2S2/c1-2-15-11-13-5-6-14(20-13)21(18,19)17-9-7-16(8-10-17)12-3-4-12/h5-6,12,15H,2-4,7-11H2,1H3. The number of rotatable bonds is 6. The van der Waals surface area contributed by atoms with Crippen LogP contribution in [0.1, 0.15) is 24.6 Å². The van der Waals surface area contributed by atoms with Gasteiger partial charge in [-0.2, -0.15) is 4.31 Å². The maximum Gasteiger partial charge on any atom is 0.252 e. The minimum absolute atomic E-state index is 0.482. The maximum atomic E-state index is 12.7. The van der Waals surface area contributed by atoms with Gasteiger partial charge in [0.25, 0.3) is 10.0 Å². The molecule has 3 rings (SSSR count). The molecule has 1 N–H and O–H groups in total. The van der Waals surface area contributed by atoms with E-state index in [9.17, 15) is 8.42 Å². The summed E-state index contributed by atoms with van der Waals surface area (Å²) in [6.07, 6.45) is 2.57. The van der Waals surface area contributed by atoms with E-state index in [1.54, 1.807) is 10.4 Å². The van der Waals surface area contributed by atoms with Crippen LogP contribution in [0, 0.1) is 0 Å². The third-order valence-corrected chi connectivity index (χ3v) is 7.57. The second-order valence-electron chi connectivity index (χ2n) is 5.67. The van der Waals surface area contributed by atoms with Crippen molar-refractivity contribution >= 4 is 21.4 Å². The Balaban J connectivity index is 1.64. The number of nitrogens with one attached hydrogen (secondary N) is 1. The Morgan fingerprint density at radius 3 is 2.57 bits per heavy atom. The van der Waals surface area contributed by atoms with Gasteiger partial charge < -0.3 is 5.32 Å². The van der Waals surface area contributed by atoms with Crippen LogP contribution >= 0.6 is 11.3 Å². The van der Waals surface area contributed by atoms with Gasteiger partial charge in [-0.15, -0.1) is 11.3 Å². The summed E-state index contributed by atoms with van der Waals surface area (Å²) in [5, 5.41) is 3.23. The molecule has 1 aromatic rings. The Labute approximate surface area is 131 Å². The highest BCUT2D eigenvalue weighted by atomic mass is 32.2. The van der Waals surface area contributed by atoms with Crippen LogP contribution in [0.5, 0.6) is 0 Å². The Morgan fingerprint density at radius 1 is 1.24 bits per heavy atom. The van der Waals surface area contributed by atoms with Crippen LogP contribution < -0.4 is 5.32 Å². The van der Waals surface area contributed by atoms with Gasteiger partial charge in [-0.05, 0) is 31.5 Å². The molecule has 0 unspecified atom stereocenters. The summed E-state index contributed by atoms with van der Waals surface area (Å²) in [7, 11) is -3.30. The maximum absolute atomic E-state index is 12.7. The van der Waals surface area contributed by atoms with E-state index in [1.165, 1.54) is 24.2 Å². The third-order valence-electron chi connectivity index (χ3n) is 4.12. The highest BCUT2D eigenvalue weighted by Gasteiger charge is 2.35. The van der Waals surface area contributed by atoms with Crippen molar-refractivity contribution in [2.75, 3.05) is 32.7 Å². The summed E-state index contributed by atoms with van der Waals surface area (Å²) in [5.41, 5.74) is 0. The minimum Gasteiger partial charge on any atom is -0.312 e. The fourth-order valence-corrected chi connectivity index (χ4v) is 5.62. The van der Waals surface area contributed by atoms with E-state index in [2.05, 4.69) is 10.2 Å². The van der Waals surface area contributed by atoms with Crippen LogP contribution in [0.15, 0.2) is 16.3 Å². The molecular formula is C14H23N3O2S2. The average Bonchev–Trinajstić information content (AvgIpc) is 3.23. The molecule has 0 bridgehead atoms. The zero-order valence-electron chi connectivity index (χ0n) is 12.4. The number of sulfonamides is 1. The van der Waals surface area contributed by atoms with Crippen LogP contribution in [0.25, 0.3) is 0 Å². The van der Waals surface area contributed by atoms with E-state index in [-0.39, 0.29) is 0 Å². The molecule has 1 aromatic heterocycles. The summed E-state index contributed by atoms with van der Waals surface area (Å²) in [6.45, 7) is 6.68. The monoisotopic (exact) mass is 329 g/mol. The molecule has 2 aliphatic rings. The molecule has 0 amide bonds. The van der Waals surface area contributed by atoms with Gasteiger partial charge in [-0.3, -0.25) is 4.90 Å². The molecule has 0 aromatic carbocycles. The third kappa shape index (κ3) is 3.48. The minimum atomic E-state index is -3.30. The molecule has 0 spiro atoms. The van der Waals surface area contributed by atoms with Crippen LogP contribution in [0.2, 0.25) is 0 Å². The van der Waals surface area contributed by atoms with Crippen LogP contribution in [-0.4, -0.2) is 56.4 Å². The molecule has 0 atom stereocenters. The van der Waals surface area contributed by atoms with Crippen molar-refractivity contribution in [3.8, 4) is 0 Å². The fourth-order valence-electron chi connectivity index (χ4n) is 2.72. The average molecular weight is 329 g/mol. The number of hydrogen-bond acceptors (Lipinski definition) is 5. The fraction of sp³-hybridized carbons (Fsp3) is 0.714. The zero-order chi connectivity index (χ0) is 14.9. The SMILES string of the molecule is CCNCc1ccc(S(=O)(=O)N2CCN(C3CC3)CC2)s1. The number of piperazine rings is 1. The lowest BCUT2D eigenvalue weighted by Gasteiger charge is -2.33. The normalized spacial score (nSPS) is 21.8. The second-order valence-corrected chi connectivity index (χ2v) is 9.01. The van der Waals surface area contributed by atoms with E-state index < -0.39 is 10.0 Å². The number of nitrogens with zero attached hydrogens (tertiary/aromatic N) is 2. The van der Waals surface area contributed by atoms with Gasteiger partial charge in [0.1, 0.15) is 4.21 Å². The zero-order valence-corrected chi connectivity index (χ0v) is 14.0. The van der Waals surface area contributed by atoms with Gasteiger partial charge in [-0.1, -0.05) is 6.92 Å². The first-order valence-corrected chi connectivity index (χ1v) is 9.90. The number of hydrogen-bond donors (Lipinski definition) is 1. The topological polar surface area (TPSA) is 52.7 Å². The largest absolute Gasteiger partial charge is 0.312 e. The van der Waals surface area contributed by atoms with E-state index in [1.807, 2.05) is 13.0 Å². The smallest absolute Gasteiger partial charge is 0.252 e. The van der Waals surface area contributed by atoms with Gasteiger partial charge in [0, 0.05) is 43.6 Å². The van der Waals surface area contributed by atoms with E-state index >= 15 is 0 Å². The van der Waals surface area contributed by atoms with Gasteiger partial charge in [0.05, 0.1) is 0 Å². The highest BCUT2D eigenvalue weighted by molar-refractivity contribution is 7.91. The summed E-state index contributed by atoms with van der Waals surface area (Å²) in [4.78, 5) is 3.50. The summed E-state index contributed by atoms with van der Waals surface area (Å²) in [6, 6.07) is 4.39. The molecule has 21 heavy (non-hydrogen) atoms. The van der Waals surface area contributed by atoms with Crippen LogP contribution in [0.3, 0.4) is 0 Å². The van der Waals surface area contributed by atoms with Crippen molar-refractivity contribution in [2.45, 2.75) is 36.6 Å². The summed E-state index contributed by atoms with van der Waals surface area (Å²) >= 11 is 1.39. The quantitative estimate of drug-likeness (QED) is 0.855. The lowest BCUT2D eigenvalue weighted by atomic mass is 10.3. The molecule has 7 heteroatoms. The Kier molecular flexibility index (Phi) is 4.66. The van der Waals surface area contributed by atoms with Crippen molar-refractivity contribution in [2.24, 2.45) is 0 Å². The first kappa shape index (κ1) is 15.4. The molecule has 2 heterocycles. The molecule has 1 saturated carbocycles. The van der Waals surface area contributed by atoms with Crippen molar-refractivity contribution < 1.29 is 8.42 Å². The van der Waals surface area contributed by atoms with Crippen LogP contribution in [0.4, 0.5) is 0 Å². The lowest BCUT2D eigenvalue weighted by Crippen LogP contribution is -2.49. The number of thiophene rings is 1. The molecule has 118 valence electrons. The molecule has 1 aliphatic carbocycles. The molecule has 5 nitrogen and oxygen atoms in total. The molecule has 1 saturated heterocycles. The van der Waals surface area contributed by atoms with Crippen molar-refractivity contribution in [3.63, 3.8) is 0 Å². The van der Waals surface area contributed by atoms with Gasteiger partial charge >= 0.3 is 0 Å². The summed E-state index contributed by atoms with van der Waals surface area (Å²) < 4.78 is 27.5. The van der Waals surface area contributed by atoms with Crippen LogP contribution in [-0.2, 0) is 16.6 Å². The van der Waals surface area contributed by atoms with Gasteiger partial charge in [-0.25, -0.2) is 8.42 Å². The highest BCUT2D eigenvalue weighted by Crippen LogP contribution is 2.30.